The molecule has 1 aromatic heterocycles. The molecule has 8 nitrogen and oxygen atoms in total. The van der Waals surface area contributed by atoms with Crippen molar-refractivity contribution in [3.05, 3.63) is 59.7 Å². The van der Waals surface area contributed by atoms with E-state index in [-0.39, 0.29) is 22.3 Å². The van der Waals surface area contributed by atoms with Gasteiger partial charge in [-0.2, -0.15) is 0 Å². The lowest BCUT2D eigenvalue weighted by Crippen LogP contribution is -2.30. The van der Waals surface area contributed by atoms with E-state index in [4.69, 9.17) is 4.74 Å². The highest BCUT2D eigenvalue weighted by atomic mass is 32.2. The number of hydrogen-bond donors (Lipinski definition) is 2. The Bertz CT molecular complexity index is 1150. The lowest BCUT2D eigenvalue weighted by Gasteiger charge is -2.13. The maximum Gasteiger partial charge on any atom is 0.257 e. The molecule has 31 heavy (non-hydrogen) atoms. The summed E-state index contributed by atoms with van der Waals surface area (Å²) in [7, 11) is -2.47. The molecular formula is C20H22N4O4S3. The number of hydrogen-bond acceptors (Lipinski definition) is 8. The molecule has 2 N–H and O–H groups in total. The number of methoxy groups -OCH3 is 1. The molecule has 0 radical (unpaired) electrons. The molecule has 0 atom stereocenters. The fraction of sp³-hybridized carbons (Fsp3) is 0.250. The minimum absolute atomic E-state index is 0.104. The van der Waals surface area contributed by atoms with Gasteiger partial charge in [0.1, 0.15) is 10.6 Å². The summed E-state index contributed by atoms with van der Waals surface area (Å²) in [6, 6.07) is 13.9. The van der Waals surface area contributed by atoms with E-state index in [9.17, 15) is 13.2 Å². The number of nitrogens with zero attached hydrogens (tertiary/aromatic N) is 2. The van der Waals surface area contributed by atoms with Gasteiger partial charge >= 0.3 is 0 Å². The Labute approximate surface area is 189 Å². The molecule has 0 aliphatic carbocycles. The van der Waals surface area contributed by atoms with E-state index < -0.39 is 15.9 Å². The van der Waals surface area contributed by atoms with Crippen LogP contribution < -0.4 is 14.8 Å². The Hall–Kier alpha value is -2.47. The van der Waals surface area contributed by atoms with Crippen molar-refractivity contribution < 1.29 is 17.9 Å². The molecule has 0 aliphatic heterocycles. The molecule has 3 aromatic rings. The highest BCUT2D eigenvalue weighted by molar-refractivity contribution is 8.00. The first-order valence-corrected chi connectivity index (χ1v) is 12.6. The molecule has 0 saturated carbocycles. The Balaban J connectivity index is 1.72. The zero-order chi connectivity index (χ0) is 22.4. The van der Waals surface area contributed by atoms with E-state index >= 15 is 0 Å². The van der Waals surface area contributed by atoms with Crippen LogP contribution in [0, 0.1) is 0 Å². The Kier molecular flexibility index (Phi) is 7.65. The number of anilines is 1. The second-order valence-electron chi connectivity index (χ2n) is 6.74. The number of nitrogens with one attached hydrogen (secondary N) is 2. The zero-order valence-electron chi connectivity index (χ0n) is 17.2. The number of thioether (sulfide) groups is 1. The van der Waals surface area contributed by atoms with E-state index in [0.717, 1.165) is 15.7 Å². The number of ether oxygens (including phenoxy) is 1. The average molecular weight is 479 g/mol. The van der Waals surface area contributed by atoms with Gasteiger partial charge in [0.05, 0.1) is 7.11 Å². The van der Waals surface area contributed by atoms with Crippen LogP contribution in [-0.4, -0.2) is 37.7 Å². The molecule has 0 spiro atoms. The summed E-state index contributed by atoms with van der Waals surface area (Å²) in [5, 5.41) is 11.1. The molecule has 3 rings (SSSR count). The van der Waals surface area contributed by atoms with Gasteiger partial charge in [0.2, 0.25) is 15.2 Å². The normalized spacial score (nSPS) is 11.5. The van der Waals surface area contributed by atoms with Gasteiger partial charge in [0.25, 0.3) is 5.91 Å². The minimum Gasteiger partial charge on any atom is -0.495 e. The smallest absolute Gasteiger partial charge is 0.257 e. The van der Waals surface area contributed by atoms with Crippen LogP contribution in [0.1, 0.15) is 29.8 Å². The summed E-state index contributed by atoms with van der Waals surface area (Å²) in [4.78, 5) is 12.6. The van der Waals surface area contributed by atoms with Gasteiger partial charge in [0, 0.05) is 17.4 Å². The van der Waals surface area contributed by atoms with Gasteiger partial charge in [0.15, 0.2) is 4.34 Å². The van der Waals surface area contributed by atoms with Crippen molar-refractivity contribution in [2.45, 2.75) is 34.9 Å². The fourth-order valence-corrected chi connectivity index (χ4v) is 5.76. The summed E-state index contributed by atoms with van der Waals surface area (Å²) < 4.78 is 33.6. The van der Waals surface area contributed by atoms with Crippen molar-refractivity contribution in [3.8, 4) is 5.75 Å². The number of carbonyl (C=O) groups excluding carboxylic acids is 1. The quantitative estimate of drug-likeness (QED) is 0.356. The topological polar surface area (TPSA) is 110 Å². The van der Waals surface area contributed by atoms with E-state index in [2.05, 4.69) is 20.2 Å². The molecule has 164 valence electrons. The minimum atomic E-state index is -3.84. The highest BCUT2D eigenvalue weighted by Gasteiger charge is 2.23. The van der Waals surface area contributed by atoms with Crippen molar-refractivity contribution in [3.63, 3.8) is 0 Å². The number of benzene rings is 2. The average Bonchev–Trinajstić information content (AvgIpc) is 3.19. The summed E-state index contributed by atoms with van der Waals surface area (Å²) in [6.07, 6.45) is 0. The zero-order valence-corrected chi connectivity index (χ0v) is 19.6. The number of aromatic nitrogens is 2. The maximum atomic E-state index is 12.7. The first-order chi connectivity index (χ1) is 14.8. The molecule has 1 heterocycles. The molecule has 0 aliphatic rings. The Morgan fingerprint density at radius 3 is 2.58 bits per heavy atom. The maximum absolute atomic E-state index is 12.7. The number of amides is 1. The van der Waals surface area contributed by atoms with Crippen LogP contribution in [0.4, 0.5) is 5.13 Å². The molecule has 0 fully saturated rings. The van der Waals surface area contributed by atoms with Crippen molar-refractivity contribution in [1.82, 2.24) is 14.9 Å². The number of rotatable bonds is 9. The predicted molar refractivity (Wildman–Crippen MR) is 122 cm³/mol. The van der Waals surface area contributed by atoms with E-state index in [1.54, 1.807) is 13.8 Å². The van der Waals surface area contributed by atoms with Gasteiger partial charge in [-0.05, 0) is 37.6 Å². The molecule has 2 aromatic carbocycles. The third-order valence-corrected chi connectivity index (χ3v) is 7.66. The van der Waals surface area contributed by atoms with Crippen molar-refractivity contribution in [1.29, 1.82) is 0 Å². The van der Waals surface area contributed by atoms with Crippen molar-refractivity contribution >= 4 is 44.2 Å². The fourth-order valence-electron chi connectivity index (χ4n) is 2.61. The summed E-state index contributed by atoms with van der Waals surface area (Å²) >= 11 is 2.78. The molecule has 0 unspecified atom stereocenters. The van der Waals surface area contributed by atoms with Crippen LogP contribution in [0.2, 0.25) is 0 Å². The number of carbonyl (C=O) groups is 1. The molecule has 1 amide bonds. The monoisotopic (exact) mass is 478 g/mol. The van der Waals surface area contributed by atoms with Crippen molar-refractivity contribution in [2.75, 3.05) is 12.4 Å². The third kappa shape index (κ3) is 6.26. The molecule has 0 bridgehead atoms. The summed E-state index contributed by atoms with van der Waals surface area (Å²) in [5.41, 5.74) is 1.33. The molecule has 11 heteroatoms. The van der Waals surface area contributed by atoms with Crippen LogP contribution in [0.5, 0.6) is 5.75 Å². The lowest BCUT2D eigenvalue weighted by molar-refractivity contribution is 0.102. The SMILES string of the molecule is COc1ccc(C(=O)Nc2nnc(SCc3ccccc3)s2)cc1S(=O)(=O)NC(C)C. The van der Waals surface area contributed by atoms with Crippen molar-refractivity contribution in [2.24, 2.45) is 0 Å². The van der Waals surface area contributed by atoms with Gasteiger partial charge in [-0.1, -0.05) is 53.4 Å². The van der Waals surface area contributed by atoms with Crippen LogP contribution >= 0.6 is 23.1 Å². The third-order valence-electron chi connectivity index (χ3n) is 3.94. The standard InChI is InChI=1S/C20H22N4O4S3/c1-13(2)24-31(26,27)17-11-15(9-10-16(17)28-3)18(25)21-19-22-23-20(30-19)29-12-14-7-5-4-6-8-14/h4-11,13,24H,12H2,1-3H3,(H,21,22,25). The van der Waals surface area contributed by atoms with Gasteiger partial charge in [-0.15, -0.1) is 10.2 Å². The van der Waals surface area contributed by atoms with Crippen LogP contribution in [0.25, 0.3) is 0 Å². The van der Waals surface area contributed by atoms with Crippen LogP contribution in [-0.2, 0) is 15.8 Å². The highest BCUT2D eigenvalue weighted by Crippen LogP contribution is 2.29. The van der Waals surface area contributed by atoms with E-state index in [1.807, 2.05) is 30.3 Å². The lowest BCUT2D eigenvalue weighted by atomic mass is 10.2. The molecule has 0 saturated heterocycles. The van der Waals surface area contributed by atoms with Crippen LogP contribution in [0.15, 0.2) is 57.8 Å². The van der Waals surface area contributed by atoms with Gasteiger partial charge < -0.3 is 4.74 Å². The van der Waals surface area contributed by atoms with Gasteiger partial charge in [-0.25, -0.2) is 13.1 Å². The van der Waals surface area contributed by atoms with E-state index in [0.29, 0.717) is 5.13 Å². The second kappa shape index (κ2) is 10.2. The summed E-state index contributed by atoms with van der Waals surface area (Å²) in [5.74, 6) is 0.408. The largest absolute Gasteiger partial charge is 0.495 e. The molecular weight excluding hydrogens is 456 g/mol. The number of sulfonamides is 1. The first kappa shape index (κ1) is 23.2. The summed E-state index contributed by atoms with van der Waals surface area (Å²) in [6.45, 7) is 3.42. The van der Waals surface area contributed by atoms with Crippen LogP contribution in [0.3, 0.4) is 0 Å². The Morgan fingerprint density at radius 2 is 1.90 bits per heavy atom. The predicted octanol–water partition coefficient (Wildman–Crippen LogP) is 3.78. The van der Waals surface area contributed by atoms with E-state index in [1.165, 1.54) is 48.4 Å². The Morgan fingerprint density at radius 1 is 1.16 bits per heavy atom. The first-order valence-electron chi connectivity index (χ1n) is 9.30. The second-order valence-corrected chi connectivity index (χ2v) is 10.6. The van der Waals surface area contributed by atoms with Gasteiger partial charge in [-0.3, -0.25) is 10.1 Å².